The normalized spacial score (nSPS) is 21.1. The van der Waals surface area contributed by atoms with E-state index in [0.29, 0.717) is 36.2 Å². The molecule has 4 rings (SSSR count). The van der Waals surface area contributed by atoms with Crippen LogP contribution in [0.15, 0.2) is 42.5 Å². The minimum absolute atomic E-state index is 0.0210. The number of para-hydroxylation sites is 1. The van der Waals surface area contributed by atoms with Crippen molar-refractivity contribution in [2.45, 2.75) is 25.7 Å². The Hall–Kier alpha value is -3.02. The van der Waals surface area contributed by atoms with Gasteiger partial charge in [0.05, 0.1) is 25.8 Å². The van der Waals surface area contributed by atoms with Crippen molar-refractivity contribution in [3.05, 3.63) is 48.0 Å². The SMILES string of the molecule is COc1ccc(N2CC(C(=O)N3CCC(C)c4ccccc43)CC2=O)c(OC)c1. The van der Waals surface area contributed by atoms with Crippen LogP contribution in [-0.2, 0) is 9.59 Å². The van der Waals surface area contributed by atoms with Crippen molar-refractivity contribution in [2.75, 3.05) is 37.1 Å². The molecule has 152 valence electrons. The van der Waals surface area contributed by atoms with Gasteiger partial charge in [0, 0.05) is 31.3 Å². The molecule has 0 saturated carbocycles. The van der Waals surface area contributed by atoms with Crippen LogP contribution in [0.3, 0.4) is 0 Å². The van der Waals surface area contributed by atoms with Crippen LogP contribution in [0.1, 0.15) is 31.2 Å². The number of ether oxygens (including phenoxy) is 2. The average Bonchev–Trinajstić information content (AvgIpc) is 3.14. The van der Waals surface area contributed by atoms with E-state index in [1.54, 1.807) is 37.3 Å². The fourth-order valence-electron chi connectivity index (χ4n) is 4.31. The second kappa shape index (κ2) is 7.78. The Kier molecular flexibility index (Phi) is 5.18. The van der Waals surface area contributed by atoms with Crippen molar-refractivity contribution in [3.8, 4) is 11.5 Å². The Morgan fingerprint density at radius 2 is 1.86 bits per heavy atom. The molecular formula is C23H26N2O4. The summed E-state index contributed by atoms with van der Waals surface area (Å²) < 4.78 is 10.7. The molecule has 0 bridgehead atoms. The first-order valence-electron chi connectivity index (χ1n) is 9.96. The standard InChI is InChI=1S/C23H26N2O4/c1-15-10-11-24(19-7-5-4-6-18(15)19)23(27)16-12-22(26)25(14-16)20-9-8-17(28-2)13-21(20)29-3/h4-9,13,15-16H,10-12,14H2,1-3H3. The van der Waals surface area contributed by atoms with Gasteiger partial charge in [0.25, 0.3) is 0 Å². The Bertz CT molecular complexity index is 942. The number of amides is 2. The highest BCUT2D eigenvalue weighted by atomic mass is 16.5. The van der Waals surface area contributed by atoms with Crippen LogP contribution >= 0.6 is 0 Å². The summed E-state index contributed by atoms with van der Waals surface area (Å²) in [4.78, 5) is 29.6. The molecule has 2 aromatic rings. The summed E-state index contributed by atoms with van der Waals surface area (Å²) in [5.74, 6) is 1.24. The van der Waals surface area contributed by atoms with Crippen molar-refractivity contribution >= 4 is 23.2 Å². The first-order chi connectivity index (χ1) is 14.0. The van der Waals surface area contributed by atoms with Gasteiger partial charge < -0.3 is 19.3 Å². The molecule has 2 aliphatic heterocycles. The first kappa shape index (κ1) is 19.3. The van der Waals surface area contributed by atoms with E-state index in [1.807, 2.05) is 23.1 Å². The molecule has 0 N–H and O–H groups in total. The molecular weight excluding hydrogens is 368 g/mol. The average molecular weight is 394 g/mol. The predicted molar refractivity (Wildman–Crippen MR) is 112 cm³/mol. The number of rotatable bonds is 4. The molecule has 0 radical (unpaired) electrons. The zero-order valence-electron chi connectivity index (χ0n) is 17.1. The van der Waals surface area contributed by atoms with Crippen molar-refractivity contribution < 1.29 is 19.1 Å². The summed E-state index contributed by atoms with van der Waals surface area (Å²) in [6.45, 7) is 3.24. The van der Waals surface area contributed by atoms with Gasteiger partial charge in [-0.05, 0) is 36.1 Å². The van der Waals surface area contributed by atoms with E-state index in [2.05, 4.69) is 13.0 Å². The third kappa shape index (κ3) is 3.43. The number of hydrogen-bond donors (Lipinski definition) is 0. The second-order valence-electron chi connectivity index (χ2n) is 7.68. The van der Waals surface area contributed by atoms with Crippen molar-refractivity contribution in [3.63, 3.8) is 0 Å². The highest BCUT2D eigenvalue weighted by Gasteiger charge is 2.39. The topological polar surface area (TPSA) is 59.1 Å². The second-order valence-corrected chi connectivity index (χ2v) is 7.68. The lowest BCUT2D eigenvalue weighted by Crippen LogP contribution is -2.41. The summed E-state index contributed by atoms with van der Waals surface area (Å²) in [6.07, 6.45) is 1.14. The predicted octanol–water partition coefficient (Wildman–Crippen LogP) is 3.60. The number of nitrogens with zero attached hydrogens (tertiary/aromatic N) is 2. The van der Waals surface area contributed by atoms with Crippen LogP contribution in [0.5, 0.6) is 11.5 Å². The van der Waals surface area contributed by atoms with E-state index in [0.717, 1.165) is 12.1 Å². The lowest BCUT2D eigenvalue weighted by molar-refractivity contribution is -0.124. The zero-order valence-corrected chi connectivity index (χ0v) is 17.1. The maximum absolute atomic E-state index is 13.3. The molecule has 2 amide bonds. The van der Waals surface area contributed by atoms with Gasteiger partial charge in [-0.1, -0.05) is 25.1 Å². The Morgan fingerprint density at radius 1 is 1.07 bits per heavy atom. The number of methoxy groups -OCH3 is 2. The molecule has 2 aromatic carbocycles. The number of carbonyl (C=O) groups is 2. The van der Waals surface area contributed by atoms with E-state index >= 15 is 0 Å². The van der Waals surface area contributed by atoms with Crippen LogP contribution < -0.4 is 19.3 Å². The van der Waals surface area contributed by atoms with Gasteiger partial charge in [0.1, 0.15) is 11.5 Å². The van der Waals surface area contributed by atoms with E-state index in [-0.39, 0.29) is 24.2 Å². The molecule has 6 heteroatoms. The van der Waals surface area contributed by atoms with Gasteiger partial charge in [-0.25, -0.2) is 0 Å². The van der Waals surface area contributed by atoms with Gasteiger partial charge in [-0.2, -0.15) is 0 Å². The van der Waals surface area contributed by atoms with Crippen molar-refractivity contribution in [2.24, 2.45) is 5.92 Å². The van der Waals surface area contributed by atoms with Gasteiger partial charge in [-0.15, -0.1) is 0 Å². The molecule has 2 unspecified atom stereocenters. The summed E-state index contributed by atoms with van der Waals surface area (Å²) in [5, 5.41) is 0. The Labute approximate surface area is 171 Å². The van der Waals surface area contributed by atoms with E-state index in [4.69, 9.17) is 9.47 Å². The molecule has 0 aliphatic carbocycles. The van der Waals surface area contributed by atoms with Crippen LogP contribution in [0.25, 0.3) is 0 Å². The lowest BCUT2D eigenvalue weighted by Gasteiger charge is -2.34. The summed E-state index contributed by atoms with van der Waals surface area (Å²) in [5.41, 5.74) is 2.84. The molecule has 6 nitrogen and oxygen atoms in total. The fourth-order valence-corrected chi connectivity index (χ4v) is 4.31. The largest absolute Gasteiger partial charge is 0.497 e. The van der Waals surface area contributed by atoms with E-state index in [1.165, 1.54) is 5.56 Å². The number of carbonyl (C=O) groups excluding carboxylic acids is 2. The van der Waals surface area contributed by atoms with Crippen molar-refractivity contribution in [1.82, 2.24) is 0 Å². The number of hydrogen-bond acceptors (Lipinski definition) is 4. The molecule has 1 saturated heterocycles. The fraction of sp³-hybridized carbons (Fsp3) is 0.391. The lowest BCUT2D eigenvalue weighted by atomic mass is 9.90. The third-order valence-corrected chi connectivity index (χ3v) is 5.96. The molecule has 0 aromatic heterocycles. The number of fused-ring (bicyclic) bond motifs is 1. The maximum Gasteiger partial charge on any atom is 0.232 e. The molecule has 2 heterocycles. The molecule has 1 fully saturated rings. The molecule has 29 heavy (non-hydrogen) atoms. The quantitative estimate of drug-likeness (QED) is 0.795. The van der Waals surface area contributed by atoms with Crippen LogP contribution in [-0.4, -0.2) is 39.1 Å². The molecule has 0 spiro atoms. The number of benzene rings is 2. The number of anilines is 2. The summed E-state index contributed by atoms with van der Waals surface area (Å²) in [7, 11) is 3.15. The molecule has 2 atom stereocenters. The van der Waals surface area contributed by atoms with Crippen LogP contribution in [0, 0.1) is 5.92 Å². The minimum atomic E-state index is -0.365. The van der Waals surface area contributed by atoms with Crippen LogP contribution in [0.4, 0.5) is 11.4 Å². The highest BCUT2D eigenvalue weighted by molar-refractivity contribution is 6.05. The summed E-state index contributed by atoms with van der Waals surface area (Å²) >= 11 is 0. The van der Waals surface area contributed by atoms with E-state index in [9.17, 15) is 9.59 Å². The van der Waals surface area contributed by atoms with Crippen LogP contribution in [0.2, 0.25) is 0 Å². The van der Waals surface area contributed by atoms with Gasteiger partial charge in [-0.3, -0.25) is 9.59 Å². The monoisotopic (exact) mass is 394 g/mol. The first-order valence-corrected chi connectivity index (χ1v) is 9.96. The Morgan fingerprint density at radius 3 is 2.62 bits per heavy atom. The van der Waals surface area contributed by atoms with Crippen molar-refractivity contribution in [1.29, 1.82) is 0 Å². The third-order valence-electron chi connectivity index (χ3n) is 5.96. The zero-order chi connectivity index (χ0) is 20.5. The summed E-state index contributed by atoms with van der Waals surface area (Å²) in [6, 6.07) is 13.4. The maximum atomic E-state index is 13.3. The molecule has 2 aliphatic rings. The Balaban J connectivity index is 1.57. The van der Waals surface area contributed by atoms with Gasteiger partial charge in [0.2, 0.25) is 11.8 Å². The highest BCUT2D eigenvalue weighted by Crippen LogP contribution is 2.39. The van der Waals surface area contributed by atoms with Gasteiger partial charge >= 0.3 is 0 Å². The minimum Gasteiger partial charge on any atom is -0.497 e. The van der Waals surface area contributed by atoms with Gasteiger partial charge in [0.15, 0.2) is 0 Å². The van der Waals surface area contributed by atoms with E-state index < -0.39 is 0 Å². The smallest absolute Gasteiger partial charge is 0.232 e.